The van der Waals surface area contributed by atoms with Crippen LogP contribution in [0, 0.1) is 11.6 Å². The molecule has 0 bridgehead atoms. The molecule has 0 aliphatic carbocycles. The second-order valence-electron chi connectivity index (χ2n) is 4.04. The van der Waals surface area contributed by atoms with Crippen LogP contribution in [0.25, 0.3) is 0 Å². The third-order valence-corrected chi connectivity index (χ3v) is 4.44. The maximum atomic E-state index is 13.0. The number of benzene rings is 2. The van der Waals surface area contributed by atoms with E-state index < -0.39 is 0 Å². The first-order valence-corrected chi connectivity index (χ1v) is 7.47. The number of thioether (sulfide) groups is 1. The molecule has 0 amide bonds. The molecule has 0 N–H and O–H groups in total. The predicted molar refractivity (Wildman–Crippen MR) is 77.8 cm³/mol. The Labute approximate surface area is 120 Å². The number of halogens is 3. The van der Waals surface area contributed by atoms with Gasteiger partial charge >= 0.3 is 0 Å². The molecule has 100 valence electrons. The highest BCUT2D eigenvalue weighted by Gasteiger charge is 2.14. The average molecular weight is 299 g/mol. The van der Waals surface area contributed by atoms with E-state index in [1.165, 1.54) is 24.3 Å². The van der Waals surface area contributed by atoms with E-state index in [0.717, 1.165) is 16.9 Å². The van der Waals surface area contributed by atoms with Crippen molar-refractivity contribution in [3.8, 4) is 0 Å². The molecule has 0 atom stereocenters. The van der Waals surface area contributed by atoms with E-state index in [4.69, 9.17) is 11.6 Å². The summed E-state index contributed by atoms with van der Waals surface area (Å²) in [5.74, 6) is 0.803. The van der Waals surface area contributed by atoms with Gasteiger partial charge in [-0.15, -0.1) is 23.4 Å². The molecule has 2 rings (SSSR count). The van der Waals surface area contributed by atoms with Gasteiger partial charge in [-0.25, -0.2) is 8.78 Å². The monoisotopic (exact) mass is 298 g/mol. The van der Waals surface area contributed by atoms with Crippen LogP contribution in [0.2, 0.25) is 0 Å². The van der Waals surface area contributed by atoms with Gasteiger partial charge in [0.15, 0.2) is 0 Å². The predicted octanol–water partition coefficient (Wildman–Crippen LogP) is 5.03. The van der Waals surface area contributed by atoms with E-state index in [-0.39, 0.29) is 16.9 Å². The van der Waals surface area contributed by atoms with Crippen LogP contribution in [-0.4, -0.2) is 11.6 Å². The third-order valence-electron chi connectivity index (χ3n) is 2.71. The van der Waals surface area contributed by atoms with Gasteiger partial charge in [-0.1, -0.05) is 24.3 Å². The first-order valence-electron chi connectivity index (χ1n) is 5.89. The fourth-order valence-corrected chi connectivity index (χ4v) is 3.11. The Morgan fingerprint density at radius 2 is 1.26 bits per heavy atom. The number of alkyl halides is 1. The summed E-state index contributed by atoms with van der Waals surface area (Å²) in [5.41, 5.74) is 1.98. The van der Waals surface area contributed by atoms with Gasteiger partial charge in [0.05, 0.1) is 5.25 Å². The molecular formula is C15H13ClF2S. The van der Waals surface area contributed by atoms with E-state index in [9.17, 15) is 8.78 Å². The molecule has 4 heteroatoms. The van der Waals surface area contributed by atoms with Crippen LogP contribution in [0.15, 0.2) is 48.5 Å². The largest absolute Gasteiger partial charge is 0.207 e. The minimum atomic E-state index is -0.260. The van der Waals surface area contributed by atoms with E-state index >= 15 is 0 Å². The highest BCUT2D eigenvalue weighted by molar-refractivity contribution is 7.99. The van der Waals surface area contributed by atoms with Gasteiger partial charge in [0.25, 0.3) is 0 Å². The van der Waals surface area contributed by atoms with Crippen LogP contribution in [0.3, 0.4) is 0 Å². The molecule has 2 aromatic carbocycles. The van der Waals surface area contributed by atoms with Gasteiger partial charge in [0.1, 0.15) is 11.6 Å². The number of hydrogen-bond acceptors (Lipinski definition) is 1. The maximum Gasteiger partial charge on any atom is 0.123 e. The van der Waals surface area contributed by atoms with Gasteiger partial charge in [0.2, 0.25) is 0 Å². The molecule has 0 saturated carbocycles. The van der Waals surface area contributed by atoms with Crippen LogP contribution in [0.5, 0.6) is 0 Å². The SMILES string of the molecule is Fc1ccc(C(SCCCl)c2ccc(F)cc2)cc1. The van der Waals surface area contributed by atoms with Crippen molar-refractivity contribution in [1.29, 1.82) is 0 Å². The molecular weight excluding hydrogens is 286 g/mol. The van der Waals surface area contributed by atoms with E-state index in [1.807, 2.05) is 0 Å². The summed E-state index contributed by atoms with van der Waals surface area (Å²) in [7, 11) is 0. The lowest BCUT2D eigenvalue weighted by Gasteiger charge is -2.17. The average Bonchev–Trinajstić information content (AvgIpc) is 2.43. The summed E-state index contributed by atoms with van der Waals surface area (Å²) in [5, 5.41) is 0.0416. The molecule has 0 heterocycles. The molecule has 0 unspecified atom stereocenters. The Bertz CT molecular complexity index is 465. The van der Waals surface area contributed by atoms with Crippen molar-refractivity contribution < 1.29 is 8.78 Å². The van der Waals surface area contributed by atoms with E-state index in [2.05, 4.69) is 0 Å². The van der Waals surface area contributed by atoms with Crippen molar-refractivity contribution >= 4 is 23.4 Å². The zero-order chi connectivity index (χ0) is 13.7. The van der Waals surface area contributed by atoms with Crippen molar-refractivity contribution in [2.45, 2.75) is 5.25 Å². The molecule has 0 aromatic heterocycles. The normalized spacial score (nSPS) is 10.9. The lowest BCUT2D eigenvalue weighted by Crippen LogP contribution is -1.99. The zero-order valence-electron chi connectivity index (χ0n) is 10.2. The standard InChI is InChI=1S/C15H13ClF2S/c16-9-10-19-15(11-1-5-13(17)6-2-11)12-3-7-14(18)8-4-12/h1-8,15H,9-10H2. The molecule has 19 heavy (non-hydrogen) atoms. The Hall–Kier alpha value is -1.06. The van der Waals surface area contributed by atoms with Gasteiger partial charge in [-0.05, 0) is 35.4 Å². The second-order valence-corrected chi connectivity index (χ2v) is 5.63. The topological polar surface area (TPSA) is 0 Å². The van der Waals surface area contributed by atoms with Crippen molar-refractivity contribution in [3.63, 3.8) is 0 Å². The lowest BCUT2D eigenvalue weighted by atomic mass is 10.0. The van der Waals surface area contributed by atoms with E-state index in [0.29, 0.717) is 5.88 Å². The molecule has 0 radical (unpaired) electrons. The fourth-order valence-electron chi connectivity index (χ4n) is 1.82. The summed E-state index contributed by atoms with van der Waals surface area (Å²) in [4.78, 5) is 0. The van der Waals surface area contributed by atoms with Crippen LogP contribution in [0.1, 0.15) is 16.4 Å². The minimum absolute atomic E-state index is 0.0416. The van der Waals surface area contributed by atoms with Crippen LogP contribution < -0.4 is 0 Å². The Morgan fingerprint density at radius 3 is 1.63 bits per heavy atom. The Balaban J connectivity index is 2.29. The van der Waals surface area contributed by atoms with Gasteiger partial charge in [0, 0.05) is 11.6 Å². The van der Waals surface area contributed by atoms with Crippen molar-refractivity contribution in [2.24, 2.45) is 0 Å². The number of rotatable bonds is 5. The Kier molecular flexibility index (Phi) is 5.23. The quantitative estimate of drug-likeness (QED) is 0.698. The summed E-state index contributed by atoms with van der Waals surface area (Å²) < 4.78 is 26.0. The molecule has 0 aliphatic rings. The van der Waals surface area contributed by atoms with Gasteiger partial charge in [-0.2, -0.15) is 0 Å². The minimum Gasteiger partial charge on any atom is -0.207 e. The highest BCUT2D eigenvalue weighted by atomic mass is 35.5. The molecule has 0 aliphatic heterocycles. The summed E-state index contributed by atoms with van der Waals surface area (Å²) in [6, 6.07) is 12.8. The van der Waals surface area contributed by atoms with Gasteiger partial charge < -0.3 is 0 Å². The molecule has 0 nitrogen and oxygen atoms in total. The second kappa shape index (κ2) is 6.92. The lowest BCUT2D eigenvalue weighted by molar-refractivity contribution is 0.626. The maximum absolute atomic E-state index is 13.0. The molecule has 2 aromatic rings. The first-order chi connectivity index (χ1) is 9.20. The summed E-state index contributed by atoms with van der Waals surface area (Å²) in [6.45, 7) is 0. The number of hydrogen-bond donors (Lipinski definition) is 0. The third kappa shape index (κ3) is 3.95. The van der Waals surface area contributed by atoms with Crippen molar-refractivity contribution in [3.05, 3.63) is 71.3 Å². The van der Waals surface area contributed by atoms with Gasteiger partial charge in [-0.3, -0.25) is 0 Å². The van der Waals surface area contributed by atoms with E-state index in [1.54, 1.807) is 36.0 Å². The van der Waals surface area contributed by atoms with Crippen molar-refractivity contribution in [1.82, 2.24) is 0 Å². The highest BCUT2D eigenvalue weighted by Crippen LogP contribution is 2.35. The first kappa shape index (κ1) is 14.4. The summed E-state index contributed by atoms with van der Waals surface area (Å²) in [6.07, 6.45) is 0. The Morgan fingerprint density at radius 1 is 0.842 bits per heavy atom. The smallest absolute Gasteiger partial charge is 0.123 e. The molecule has 0 saturated heterocycles. The van der Waals surface area contributed by atoms with Crippen LogP contribution in [0.4, 0.5) is 8.78 Å². The fraction of sp³-hybridized carbons (Fsp3) is 0.200. The van der Waals surface area contributed by atoms with Crippen LogP contribution >= 0.6 is 23.4 Å². The summed E-state index contributed by atoms with van der Waals surface area (Å²) >= 11 is 7.39. The molecule has 0 spiro atoms. The zero-order valence-corrected chi connectivity index (χ0v) is 11.7. The molecule has 0 fully saturated rings. The van der Waals surface area contributed by atoms with Crippen molar-refractivity contribution in [2.75, 3.05) is 11.6 Å². The van der Waals surface area contributed by atoms with Crippen LogP contribution in [-0.2, 0) is 0 Å².